The number of nitrogens with one attached hydrogen (secondary N) is 1. The quantitative estimate of drug-likeness (QED) is 0.651. The molecule has 0 amide bonds. The third-order valence-electron chi connectivity index (χ3n) is 3.05. The van der Waals surface area contributed by atoms with Gasteiger partial charge in [-0.05, 0) is 24.4 Å². The fraction of sp³-hybridized carbons (Fsp3) is 0.231. The van der Waals surface area contributed by atoms with E-state index in [2.05, 4.69) is 5.32 Å². The van der Waals surface area contributed by atoms with Crippen LogP contribution in [0.15, 0.2) is 35.7 Å². The minimum atomic E-state index is -0.640. The van der Waals surface area contributed by atoms with Gasteiger partial charge in [-0.25, -0.2) is 0 Å². The second kappa shape index (κ2) is 6.42. The standard InChI is InChI=1S/C13H13N3O4S/c1-9(13-3-2-6-21-13)14-8-10-4-5-11(15(17)18)7-12(10)16(19)20/h2-7,9,14H,8H2,1H3. The number of nitro groups is 2. The molecule has 1 heterocycles. The third-order valence-corrected chi connectivity index (χ3v) is 4.10. The predicted octanol–water partition coefficient (Wildman–Crippen LogP) is 3.42. The van der Waals surface area contributed by atoms with Crippen LogP contribution in [0, 0.1) is 20.2 Å². The van der Waals surface area contributed by atoms with Crippen LogP contribution in [-0.2, 0) is 6.54 Å². The Kier molecular flexibility index (Phi) is 4.61. The molecule has 0 bridgehead atoms. The monoisotopic (exact) mass is 307 g/mol. The lowest BCUT2D eigenvalue weighted by Crippen LogP contribution is -2.18. The lowest BCUT2D eigenvalue weighted by atomic mass is 10.1. The molecular formula is C13H13N3O4S. The summed E-state index contributed by atoms with van der Waals surface area (Å²) in [5.74, 6) is 0. The lowest BCUT2D eigenvalue weighted by molar-refractivity contribution is -0.394. The van der Waals surface area contributed by atoms with Gasteiger partial charge in [-0.3, -0.25) is 20.2 Å². The molecule has 7 nitrogen and oxygen atoms in total. The normalized spacial score (nSPS) is 12.0. The van der Waals surface area contributed by atoms with Crippen LogP contribution < -0.4 is 5.32 Å². The number of benzene rings is 1. The highest BCUT2D eigenvalue weighted by molar-refractivity contribution is 7.10. The van der Waals surface area contributed by atoms with Gasteiger partial charge in [0.15, 0.2) is 0 Å². The number of hydrogen-bond donors (Lipinski definition) is 1. The number of nitrogens with zero attached hydrogens (tertiary/aromatic N) is 2. The zero-order valence-corrected chi connectivity index (χ0v) is 12.0. The molecule has 0 saturated carbocycles. The van der Waals surface area contributed by atoms with Gasteiger partial charge in [0.1, 0.15) is 0 Å². The molecule has 0 fully saturated rings. The van der Waals surface area contributed by atoms with E-state index in [0.717, 1.165) is 10.9 Å². The zero-order valence-electron chi connectivity index (χ0n) is 11.2. The smallest absolute Gasteiger partial charge is 0.280 e. The van der Waals surface area contributed by atoms with E-state index in [1.54, 1.807) is 11.3 Å². The molecular weight excluding hydrogens is 294 g/mol. The molecule has 1 unspecified atom stereocenters. The van der Waals surface area contributed by atoms with Crippen LogP contribution >= 0.6 is 11.3 Å². The second-order valence-electron chi connectivity index (χ2n) is 4.45. The van der Waals surface area contributed by atoms with Crippen molar-refractivity contribution in [2.24, 2.45) is 0 Å². The Morgan fingerprint density at radius 3 is 2.57 bits per heavy atom. The summed E-state index contributed by atoms with van der Waals surface area (Å²) in [5, 5.41) is 26.8. The van der Waals surface area contributed by atoms with Crippen LogP contribution in [0.2, 0.25) is 0 Å². The molecule has 0 aliphatic rings. The van der Waals surface area contributed by atoms with Gasteiger partial charge in [0.25, 0.3) is 11.4 Å². The summed E-state index contributed by atoms with van der Waals surface area (Å²) >= 11 is 1.60. The van der Waals surface area contributed by atoms with Crippen LogP contribution in [0.1, 0.15) is 23.4 Å². The van der Waals surface area contributed by atoms with Gasteiger partial charge in [0.2, 0.25) is 0 Å². The Hall–Kier alpha value is -2.32. The Balaban J connectivity index is 2.16. The van der Waals surface area contributed by atoms with Crippen LogP contribution in [0.25, 0.3) is 0 Å². The zero-order chi connectivity index (χ0) is 15.4. The molecule has 21 heavy (non-hydrogen) atoms. The van der Waals surface area contributed by atoms with E-state index in [-0.39, 0.29) is 24.0 Å². The van der Waals surface area contributed by atoms with Gasteiger partial charge in [-0.15, -0.1) is 11.3 Å². The molecule has 1 N–H and O–H groups in total. The van der Waals surface area contributed by atoms with Gasteiger partial charge in [0, 0.05) is 29.1 Å². The average Bonchev–Trinajstić information content (AvgIpc) is 2.98. The van der Waals surface area contributed by atoms with Crippen molar-refractivity contribution in [3.05, 3.63) is 66.4 Å². The van der Waals surface area contributed by atoms with Crippen molar-refractivity contribution in [1.82, 2.24) is 5.32 Å². The number of thiophene rings is 1. The maximum atomic E-state index is 11.0. The van der Waals surface area contributed by atoms with Gasteiger partial charge >= 0.3 is 0 Å². The Morgan fingerprint density at radius 2 is 2.00 bits per heavy atom. The molecule has 0 aliphatic carbocycles. The molecule has 2 rings (SSSR count). The van der Waals surface area contributed by atoms with Gasteiger partial charge in [-0.1, -0.05) is 6.07 Å². The summed E-state index contributed by atoms with van der Waals surface area (Å²) in [5.41, 5.74) is -0.0964. The summed E-state index contributed by atoms with van der Waals surface area (Å²) in [7, 11) is 0. The summed E-state index contributed by atoms with van der Waals surface area (Å²) in [6.07, 6.45) is 0. The van der Waals surface area contributed by atoms with E-state index in [0.29, 0.717) is 5.56 Å². The van der Waals surface area contributed by atoms with Crippen molar-refractivity contribution < 1.29 is 9.85 Å². The number of hydrogen-bond acceptors (Lipinski definition) is 6. The molecule has 1 aromatic carbocycles. The van der Waals surface area contributed by atoms with Crippen molar-refractivity contribution in [1.29, 1.82) is 0 Å². The summed E-state index contributed by atoms with van der Waals surface area (Å²) in [6, 6.07) is 7.66. The van der Waals surface area contributed by atoms with E-state index < -0.39 is 9.85 Å². The van der Waals surface area contributed by atoms with Crippen molar-refractivity contribution >= 4 is 22.7 Å². The van der Waals surface area contributed by atoms with Crippen LogP contribution in [0.3, 0.4) is 0 Å². The van der Waals surface area contributed by atoms with E-state index in [1.165, 1.54) is 12.1 Å². The van der Waals surface area contributed by atoms with E-state index >= 15 is 0 Å². The number of nitro benzene ring substituents is 2. The highest BCUT2D eigenvalue weighted by Gasteiger charge is 2.19. The molecule has 0 spiro atoms. The second-order valence-corrected chi connectivity index (χ2v) is 5.42. The maximum Gasteiger partial charge on any atom is 0.280 e. The lowest BCUT2D eigenvalue weighted by Gasteiger charge is -2.12. The van der Waals surface area contributed by atoms with E-state index in [9.17, 15) is 20.2 Å². The Bertz CT molecular complexity index is 657. The minimum Gasteiger partial charge on any atom is -0.305 e. The van der Waals surface area contributed by atoms with E-state index in [4.69, 9.17) is 0 Å². The topological polar surface area (TPSA) is 98.3 Å². The van der Waals surface area contributed by atoms with Crippen molar-refractivity contribution in [3.8, 4) is 0 Å². The maximum absolute atomic E-state index is 11.0. The first-order valence-corrected chi connectivity index (χ1v) is 7.05. The highest BCUT2D eigenvalue weighted by Crippen LogP contribution is 2.25. The first kappa shape index (κ1) is 15.1. The Labute approximate surface area is 124 Å². The average molecular weight is 307 g/mol. The third kappa shape index (κ3) is 3.61. The van der Waals surface area contributed by atoms with Gasteiger partial charge < -0.3 is 5.32 Å². The molecule has 1 atom stereocenters. The molecule has 110 valence electrons. The summed E-state index contributed by atoms with van der Waals surface area (Å²) in [4.78, 5) is 21.6. The first-order valence-electron chi connectivity index (χ1n) is 6.17. The molecule has 1 aromatic heterocycles. The summed E-state index contributed by atoms with van der Waals surface area (Å²) < 4.78 is 0. The van der Waals surface area contributed by atoms with Crippen molar-refractivity contribution in [3.63, 3.8) is 0 Å². The molecule has 0 radical (unpaired) electrons. The SMILES string of the molecule is CC(NCc1ccc([N+](=O)[O-])cc1[N+](=O)[O-])c1cccs1. The fourth-order valence-electron chi connectivity index (χ4n) is 1.89. The fourth-order valence-corrected chi connectivity index (χ4v) is 2.65. The van der Waals surface area contributed by atoms with Crippen LogP contribution in [0.4, 0.5) is 11.4 Å². The molecule has 0 aliphatic heterocycles. The largest absolute Gasteiger partial charge is 0.305 e. The van der Waals surface area contributed by atoms with Gasteiger partial charge in [0.05, 0.1) is 15.9 Å². The van der Waals surface area contributed by atoms with Crippen LogP contribution in [0.5, 0.6) is 0 Å². The number of non-ortho nitro benzene ring substituents is 1. The highest BCUT2D eigenvalue weighted by atomic mass is 32.1. The minimum absolute atomic E-state index is 0.0554. The molecule has 8 heteroatoms. The van der Waals surface area contributed by atoms with Crippen LogP contribution in [-0.4, -0.2) is 9.85 Å². The van der Waals surface area contributed by atoms with E-state index in [1.807, 2.05) is 24.4 Å². The van der Waals surface area contributed by atoms with Crippen molar-refractivity contribution in [2.75, 3.05) is 0 Å². The predicted molar refractivity (Wildman–Crippen MR) is 79.3 cm³/mol. The Morgan fingerprint density at radius 1 is 1.24 bits per heavy atom. The summed E-state index contributed by atoms with van der Waals surface area (Å²) in [6.45, 7) is 2.23. The van der Waals surface area contributed by atoms with Crippen molar-refractivity contribution in [2.45, 2.75) is 19.5 Å². The molecule has 2 aromatic rings. The van der Waals surface area contributed by atoms with Gasteiger partial charge in [-0.2, -0.15) is 0 Å². The first-order chi connectivity index (χ1) is 9.99. The number of rotatable bonds is 6. The molecule has 0 saturated heterocycles.